The molecule has 0 spiro atoms. The lowest BCUT2D eigenvalue weighted by Gasteiger charge is -2.25. The predicted molar refractivity (Wildman–Crippen MR) is 76.9 cm³/mol. The highest BCUT2D eigenvalue weighted by molar-refractivity contribution is 5.81. The fourth-order valence-electron chi connectivity index (χ4n) is 3.55. The highest BCUT2D eigenvalue weighted by atomic mass is 16.5. The van der Waals surface area contributed by atoms with Gasteiger partial charge in [-0.15, -0.1) is 0 Å². The number of benzene rings is 1. The molecule has 0 unspecified atom stereocenters. The molecule has 1 aromatic carbocycles. The number of hydrogen-bond acceptors (Lipinski definition) is 2. The van der Waals surface area contributed by atoms with Crippen molar-refractivity contribution >= 4 is 5.97 Å². The van der Waals surface area contributed by atoms with Gasteiger partial charge < -0.3 is 9.84 Å². The van der Waals surface area contributed by atoms with E-state index < -0.39 is 11.4 Å². The van der Waals surface area contributed by atoms with E-state index in [1.807, 2.05) is 12.1 Å². The van der Waals surface area contributed by atoms with Crippen LogP contribution in [0.4, 0.5) is 0 Å². The summed E-state index contributed by atoms with van der Waals surface area (Å²) < 4.78 is 5.57. The van der Waals surface area contributed by atoms with Crippen LogP contribution in [0.1, 0.15) is 49.7 Å². The first kappa shape index (κ1) is 13.6. The number of hydrogen-bond donors (Lipinski definition) is 1. The van der Waals surface area contributed by atoms with Gasteiger partial charge in [0.05, 0.1) is 11.0 Å². The van der Waals surface area contributed by atoms with Gasteiger partial charge in [0.1, 0.15) is 0 Å². The fourth-order valence-corrected chi connectivity index (χ4v) is 3.55. The zero-order valence-corrected chi connectivity index (χ0v) is 12.0. The number of carboxylic acid groups (broad SMARTS) is 1. The van der Waals surface area contributed by atoms with Gasteiger partial charge in [-0.25, -0.2) is 0 Å². The summed E-state index contributed by atoms with van der Waals surface area (Å²) in [6.07, 6.45) is 6.67. The lowest BCUT2D eigenvalue weighted by molar-refractivity contribution is -0.143. The van der Waals surface area contributed by atoms with Crippen LogP contribution in [0.25, 0.3) is 0 Å². The molecule has 3 heteroatoms. The van der Waals surface area contributed by atoms with Crippen LogP contribution in [0.2, 0.25) is 0 Å². The highest BCUT2D eigenvalue weighted by Crippen LogP contribution is 2.44. The second-order valence-corrected chi connectivity index (χ2v) is 6.36. The minimum Gasteiger partial charge on any atom is -0.481 e. The summed E-state index contributed by atoms with van der Waals surface area (Å²) in [6, 6.07) is 8.17. The first-order valence-electron chi connectivity index (χ1n) is 7.48. The molecule has 0 atom stereocenters. The topological polar surface area (TPSA) is 46.5 Å². The molecule has 2 aliphatic rings. The van der Waals surface area contributed by atoms with Gasteiger partial charge in [0.25, 0.3) is 0 Å². The van der Waals surface area contributed by atoms with Crippen LogP contribution in [0.5, 0.6) is 0 Å². The van der Waals surface area contributed by atoms with Crippen molar-refractivity contribution in [2.45, 2.75) is 56.0 Å². The van der Waals surface area contributed by atoms with Crippen LogP contribution in [0.3, 0.4) is 0 Å². The Labute approximate surface area is 120 Å². The molecule has 3 nitrogen and oxygen atoms in total. The summed E-state index contributed by atoms with van der Waals surface area (Å²) >= 11 is 0. The first-order chi connectivity index (χ1) is 9.60. The Morgan fingerprint density at radius 3 is 2.50 bits per heavy atom. The zero-order chi connectivity index (χ0) is 14.2. The number of carboxylic acids is 1. The molecular weight excluding hydrogens is 252 g/mol. The maximum absolute atomic E-state index is 11.8. The van der Waals surface area contributed by atoms with Gasteiger partial charge in [0.15, 0.2) is 0 Å². The van der Waals surface area contributed by atoms with E-state index in [4.69, 9.17) is 4.74 Å². The third kappa shape index (κ3) is 2.24. The average molecular weight is 274 g/mol. The molecule has 2 saturated carbocycles. The number of aliphatic carboxylic acids is 1. The molecule has 0 aliphatic heterocycles. The van der Waals surface area contributed by atoms with E-state index >= 15 is 0 Å². The molecule has 0 radical (unpaired) electrons. The summed E-state index contributed by atoms with van der Waals surface area (Å²) in [5.74, 6) is -0.667. The highest BCUT2D eigenvalue weighted by Gasteiger charge is 2.45. The molecule has 20 heavy (non-hydrogen) atoms. The van der Waals surface area contributed by atoms with Gasteiger partial charge in [0, 0.05) is 13.5 Å². The first-order valence-corrected chi connectivity index (χ1v) is 7.48. The molecule has 0 aromatic heterocycles. The van der Waals surface area contributed by atoms with Crippen LogP contribution in [0, 0.1) is 0 Å². The molecule has 108 valence electrons. The Morgan fingerprint density at radius 2 is 1.95 bits per heavy atom. The molecule has 0 bridgehead atoms. The largest absolute Gasteiger partial charge is 0.481 e. The van der Waals surface area contributed by atoms with Gasteiger partial charge in [-0.05, 0) is 36.8 Å². The van der Waals surface area contributed by atoms with E-state index in [1.54, 1.807) is 7.11 Å². The summed E-state index contributed by atoms with van der Waals surface area (Å²) in [6.45, 7) is 0. The maximum Gasteiger partial charge on any atom is 0.314 e. The molecule has 0 heterocycles. The summed E-state index contributed by atoms with van der Waals surface area (Å²) in [7, 11) is 1.77. The third-order valence-electron chi connectivity index (χ3n) is 5.11. The second kappa shape index (κ2) is 4.88. The number of carbonyl (C=O) groups is 1. The smallest absolute Gasteiger partial charge is 0.314 e. The Balaban J connectivity index is 1.88. The lowest BCUT2D eigenvalue weighted by Crippen LogP contribution is -2.32. The number of methoxy groups -OCH3 is 1. The van der Waals surface area contributed by atoms with E-state index in [2.05, 4.69) is 12.1 Å². The van der Waals surface area contributed by atoms with Crippen molar-refractivity contribution in [2.75, 3.05) is 7.11 Å². The van der Waals surface area contributed by atoms with E-state index in [9.17, 15) is 9.90 Å². The Kier molecular flexibility index (Phi) is 3.33. The van der Waals surface area contributed by atoms with Gasteiger partial charge in [-0.3, -0.25) is 4.79 Å². The molecule has 0 saturated heterocycles. The maximum atomic E-state index is 11.8. The Morgan fingerprint density at radius 1 is 1.25 bits per heavy atom. The summed E-state index contributed by atoms with van der Waals surface area (Å²) in [5.41, 5.74) is 1.55. The van der Waals surface area contributed by atoms with Crippen molar-refractivity contribution in [2.24, 2.45) is 0 Å². The monoisotopic (exact) mass is 274 g/mol. The van der Waals surface area contributed by atoms with Crippen LogP contribution in [-0.2, 0) is 21.4 Å². The van der Waals surface area contributed by atoms with Crippen LogP contribution in [-0.4, -0.2) is 23.8 Å². The normalized spacial score (nSPS) is 22.6. The van der Waals surface area contributed by atoms with Crippen molar-refractivity contribution < 1.29 is 14.6 Å². The van der Waals surface area contributed by atoms with E-state index in [0.717, 1.165) is 50.5 Å². The van der Waals surface area contributed by atoms with Gasteiger partial charge in [-0.1, -0.05) is 37.1 Å². The SMILES string of the molecule is COC1(Cc2cccc(C3(C(=O)O)CCCC3)c2)CC1. The molecule has 2 aliphatic carbocycles. The van der Waals surface area contributed by atoms with Crippen molar-refractivity contribution in [3.63, 3.8) is 0 Å². The minimum atomic E-state index is -0.667. The third-order valence-corrected chi connectivity index (χ3v) is 5.11. The molecular formula is C17H22O3. The predicted octanol–water partition coefficient (Wildman–Crippen LogP) is 3.30. The molecule has 2 fully saturated rings. The average Bonchev–Trinajstić information content (AvgIpc) is 3.03. The number of rotatable bonds is 5. The lowest BCUT2D eigenvalue weighted by atomic mass is 9.78. The molecule has 1 aromatic rings. The Hall–Kier alpha value is -1.35. The molecule has 3 rings (SSSR count). The van der Waals surface area contributed by atoms with Crippen molar-refractivity contribution in [3.05, 3.63) is 35.4 Å². The number of ether oxygens (including phenoxy) is 1. The van der Waals surface area contributed by atoms with Crippen LogP contribution < -0.4 is 0 Å². The van der Waals surface area contributed by atoms with Gasteiger partial charge in [-0.2, -0.15) is 0 Å². The van der Waals surface area contributed by atoms with E-state index in [1.165, 1.54) is 5.56 Å². The minimum absolute atomic E-state index is 0.0185. The fraction of sp³-hybridized carbons (Fsp3) is 0.588. The van der Waals surface area contributed by atoms with E-state index in [0.29, 0.717) is 0 Å². The quantitative estimate of drug-likeness (QED) is 0.896. The van der Waals surface area contributed by atoms with E-state index in [-0.39, 0.29) is 5.60 Å². The summed E-state index contributed by atoms with van der Waals surface area (Å²) in [4.78, 5) is 11.8. The van der Waals surface area contributed by atoms with Crippen molar-refractivity contribution in [3.8, 4) is 0 Å². The second-order valence-electron chi connectivity index (χ2n) is 6.36. The van der Waals surface area contributed by atoms with Crippen molar-refractivity contribution in [1.29, 1.82) is 0 Å². The molecule has 0 amide bonds. The summed E-state index contributed by atoms with van der Waals surface area (Å²) in [5, 5.41) is 9.67. The zero-order valence-electron chi connectivity index (χ0n) is 12.0. The van der Waals surface area contributed by atoms with Crippen LogP contribution >= 0.6 is 0 Å². The van der Waals surface area contributed by atoms with Crippen molar-refractivity contribution in [1.82, 2.24) is 0 Å². The Bertz CT molecular complexity index is 511. The van der Waals surface area contributed by atoms with Gasteiger partial charge in [0.2, 0.25) is 0 Å². The molecule has 1 N–H and O–H groups in total. The van der Waals surface area contributed by atoms with Crippen LogP contribution in [0.15, 0.2) is 24.3 Å². The van der Waals surface area contributed by atoms with Gasteiger partial charge >= 0.3 is 5.97 Å². The standard InChI is InChI=1S/C17H22O3/c1-20-16(9-10-16)12-13-5-4-6-14(11-13)17(15(18)19)7-2-3-8-17/h4-6,11H,2-3,7-10,12H2,1H3,(H,18,19).